The first-order valence-electron chi connectivity index (χ1n) is 8.72. The number of thiocarbonyl (C=S) groups is 1. The zero-order valence-electron chi connectivity index (χ0n) is 14.0. The number of hydrogen-bond donors (Lipinski definition) is 1. The molecule has 1 saturated carbocycles. The summed E-state index contributed by atoms with van der Waals surface area (Å²) in [4.78, 5) is 0. The van der Waals surface area contributed by atoms with Gasteiger partial charge in [0.2, 0.25) is 0 Å². The highest BCUT2D eigenvalue weighted by atomic mass is 32.1. The molecule has 4 rings (SSSR count). The second-order valence-electron chi connectivity index (χ2n) is 6.60. The highest BCUT2D eigenvalue weighted by molar-refractivity contribution is 7.80. The molecule has 2 aromatic carbocycles. The van der Waals surface area contributed by atoms with E-state index in [1.807, 2.05) is 17.1 Å². The van der Waals surface area contributed by atoms with E-state index in [0.29, 0.717) is 11.0 Å². The van der Waals surface area contributed by atoms with Gasteiger partial charge in [0, 0.05) is 5.92 Å². The number of rotatable bonds is 2. The lowest BCUT2D eigenvalue weighted by molar-refractivity contribution is 0.305. The van der Waals surface area contributed by atoms with Gasteiger partial charge in [-0.05, 0) is 54.3 Å². The Labute approximate surface area is 153 Å². The van der Waals surface area contributed by atoms with Gasteiger partial charge in [-0.1, -0.05) is 60.7 Å². The van der Waals surface area contributed by atoms with Crippen molar-refractivity contribution in [2.24, 2.45) is 16.8 Å². The average molecular weight is 347 g/mol. The van der Waals surface area contributed by atoms with E-state index in [0.717, 1.165) is 25.0 Å². The van der Waals surface area contributed by atoms with Gasteiger partial charge < -0.3 is 5.73 Å². The first kappa shape index (κ1) is 16.0. The van der Waals surface area contributed by atoms with E-state index in [1.54, 1.807) is 0 Å². The zero-order chi connectivity index (χ0) is 17.2. The van der Waals surface area contributed by atoms with Crippen LogP contribution in [0.15, 0.2) is 71.3 Å². The van der Waals surface area contributed by atoms with Gasteiger partial charge in [0.15, 0.2) is 5.11 Å². The monoisotopic (exact) mass is 347 g/mol. The van der Waals surface area contributed by atoms with Gasteiger partial charge >= 0.3 is 0 Å². The number of hydrazone groups is 1. The molecule has 3 nitrogen and oxygen atoms in total. The second kappa shape index (κ2) is 6.81. The van der Waals surface area contributed by atoms with Crippen LogP contribution in [-0.2, 0) is 0 Å². The molecule has 2 N–H and O–H groups in total. The standard InChI is InChI=1S/C21H21N3S/c22-21(25)24-20(16-10-5-2-6-11-16)18-13-7-12-17(19(18)23-24)14-15-8-3-1-4-9-15/h1-6,8-11,14,18,20H,7,12-13H2,(H2,22,25)/b17-14-/t18-,20+/m1/s1. The van der Waals surface area contributed by atoms with Crippen molar-refractivity contribution in [3.05, 3.63) is 77.4 Å². The van der Waals surface area contributed by atoms with Gasteiger partial charge in [0.1, 0.15) is 0 Å². The van der Waals surface area contributed by atoms with Crippen LogP contribution < -0.4 is 5.73 Å². The average Bonchev–Trinajstić information content (AvgIpc) is 3.04. The minimum absolute atomic E-state index is 0.105. The Bertz CT molecular complexity index is 827. The van der Waals surface area contributed by atoms with Gasteiger partial charge in [-0.25, -0.2) is 5.01 Å². The van der Waals surface area contributed by atoms with Crippen LogP contribution in [0.1, 0.15) is 36.4 Å². The van der Waals surface area contributed by atoms with Crippen molar-refractivity contribution in [3.63, 3.8) is 0 Å². The van der Waals surface area contributed by atoms with Gasteiger partial charge in [-0.3, -0.25) is 0 Å². The summed E-state index contributed by atoms with van der Waals surface area (Å²) in [5, 5.41) is 7.04. The van der Waals surface area contributed by atoms with Gasteiger partial charge in [0.25, 0.3) is 0 Å². The number of hydrogen-bond acceptors (Lipinski definition) is 2. The lowest BCUT2D eigenvalue weighted by Crippen LogP contribution is -2.34. The predicted octanol–water partition coefficient (Wildman–Crippen LogP) is 4.53. The lowest BCUT2D eigenvalue weighted by atomic mass is 9.77. The lowest BCUT2D eigenvalue weighted by Gasteiger charge is -2.29. The number of allylic oxidation sites excluding steroid dienone is 1. The highest BCUT2D eigenvalue weighted by Crippen LogP contribution is 2.44. The van der Waals surface area contributed by atoms with Crippen LogP contribution in [-0.4, -0.2) is 15.8 Å². The summed E-state index contributed by atoms with van der Waals surface area (Å²) in [5.41, 5.74) is 10.9. The molecule has 1 fully saturated rings. The number of nitrogens with zero attached hydrogens (tertiary/aromatic N) is 2. The molecule has 0 saturated heterocycles. The minimum atomic E-state index is 0.105. The largest absolute Gasteiger partial charge is 0.375 e. The van der Waals surface area contributed by atoms with Crippen LogP contribution in [0.3, 0.4) is 0 Å². The van der Waals surface area contributed by atoms with Crippen molar-refractivity contribution in [1.82, 2.24) is 5.01 Å². The molecule has 0 aromatic heterocycles. The second-order valence-corrected chi connectivity index (χ2v) is 7.02. The molecule has 0 unspecified atom stereocenters. The van der Waals surface area contributed by atoms with Crippen molar-refractivity contribution >= 4 is 29.1 Å². The maximum absolute atomic E-state index is 6.01. The van der Waals surface area contributed by atoms with Crippen molar-refractivity contribution in [2.75, 3.05) is 0 Å². The molecule has 0 amide bonds. The Kier molecular flexibility index (Phi) is 4.36. The third kappa shape index (κ3) is 3.10. The fourth-order valence-electron chi connectivity index (χ4n) is 3.92. The molecular formula is C21H21N3S. The van der Waals surface area contributed by atoms with Crippen molar-refractivity contribution in [2.45, 2.75) is 25.3 Å². The first-order chi connectivity index (χ1) is 12.2. The molecule has 1 aliphatic heterocycles. The third-order valence-electron chi connectivity index (χ3n) is 5.01. The smallest absolute Gasteiger partial charge is 0.187 e. The molecule has 2 aromatic rings. The Morgan fingerprint density at radius 2 is 1.76 bits per heavy atom. The highest BCUT2D eigenvalue weighted by Gasteiger charge is 2.42. The van der Waals surface area contributed by atoms with Gasteiger partial charge in [-0.2, -0.15) is 5.10 Å². The van der Waals surface area contributed by atoms with Crippen molar-refractivity contribution in [1.29, 1.82) is 0 Å². The van der Waals surface area contributed by atoms with Crippen molar-refractivity contribution < 1.29 is 0 Å². The minimum Gasteiger partial charge on any atom is -0.375 e. The fourth-order valence-corrected chi connectivity index (χ4v) is 4.07. The molecule has 4 heteroatoms. The molecule has 126 valence electrons. The molecule has 0 bridgehead atoms. The Morgan fingerprint density at radius 3 is 2.44 bits per heavy atom. The molecule has 1 aliphatic carbocycles. The quantitative estimate of drug-likeness (QED) is 0.812. The maximum Gasteiger partial charge on any atom is 0.187 e. The summed E-state index contributed by atoms with van der Waals surface area (Å²) in [6.45, 7) is 0. The molecule has 1 heterocycles. The van der Waals surface area contributed by atoms with E-state index < -0.39 is 0 Å². The molecule has 0 spiro atoms. The van der Waals surface area contributed by atoms with Crippen LogP contribution in [0.25, 0.3) is 6.08 Å². The normalized spacial score (nSPS) is 24.1. The van der Waals surface area contributed by atoms with Crippen LogP contribution in [0, 0.1) is 5.92 Å². The van der Waals surface area contributed by atoms with Crippen molar-refractivity contribution in [3.8, 4) is 0 Å². The van der Waals surface area contributed by atoms with E-state index in [1.165, 1.54) is 16.7 Å². The van der Waals surface area contributed by atoms with Crippen LogP contribution in [0.5, 0.6) is 0 Å². The molecule has 2 atom stereocenters. The summed E-state index contributed by atoms with van der Waals surface area (Å²) in [5.74, 6) is 0.340. The van der Waals surface area contributed by atoms with Gasteiger partial charge in [0.05, 0.1) is 11.8 Å². The van der Waals surface area contributed by atoms with E-state index in [9.17, 15) is 0 Å². The van der Waals surface area contributed by atoms with Crippen LogP contribution >= 0.6 is 12.2 Å². The summed E-state index contributed by atoms with van der Waals surface area (Å²) >= 11 is 5.30. The zero-order valence-corrected chi connectivity index (χ0v) is 14.8. The Balaban J connectivity index is 1.74. The maximum atomic E-state index is 6.01. The fraction of sp³-hybridized carbons (Fsp3) is 0.238. The molecule has 2 aliphatic rings. The third-order valence-corrected chi connectivity index (χ3v) is 5.20. The molecule has 0 radical (unpaired) electrons. The summed E-state index contributed by atoms with van der Waals surface area (Å²) in [6.07, 6.45) is 5.59. The number of fused-ring (bicyclic) bond motifs is 1. The predicted molar refractivity (Wildman–Crippen MR) is 107 cm³/mol. The van der Waals surface area contributed by atoms with E-state index in [4.69, 9.17) is 23.1 Å². The van der Waals surface area contributed by atoms with E-state index in [2.05, 4.69) is 54.6 Å². The Hall–Kier alpha value is -2.46. The molecule has 25 heavy (non-hydrogen) atoms. The number of nitrogens with two attached hydrogens (primary N) is 1. The van der Waals surface area contributed by atoms with Gasteiger partial charge in [-0.15, -0.1) is 0 Å². The van der Waals surface area contributed by atoms with E-state index >= 15 is 0 Å². The van der Waals surface area contributed by atoms with Crippen LogP contribution in [0.4, 0.5) is 0 Å². The topological polar surface area (TPSA) is 41.6 Å². The van der Waals surface area contributed by atoms with E-state index in [-0.39, 0.29) is 6.04 Å². The first-order valence-corrected chi connectivity index (χ1v) is 9.13. The summed E-state index contributed by atoms with van der Waals surface area (Å²) in [7, 11) is 0. The molecular weight excluding hydrogens is 326 g/mol. The van der Waals surface area contributed by atoms with Crippen LogP contribution in [0.2, 0.25) is 0 Å². The summed E-state index contributed by atoms with van der Waals surface area (Å²) < 4.78 is 0. The SMILES string of the molecule is NC(=S)N1N=C2/C(=C\c3ccccc3)CCC[C@H]2[C@@H]1c1ccccc1. The number of benzene rings is 2. The summed E-state index contributed by atoms with van der Waals surface area (Å²) in [6, 6.07) is 21.0. The Morgan fingerprint density at radius 1 is 1.08 bits per heavy atom.